The molecule has 14 aromatic rings. The zero-order valence-corrected chi connectivity index (χ0v) is 39.3. The van der Waals surface area contributed by atoms with Crippen molar-refractivity contribution in [2.75, 3.05) is 0 Å². The van der Waals surface area contributed by atoms with Crippen LogP contribution in [0.15, 0.2) is 175 Å². The zero-order valence-electron chi connectivity index (χ0n) is 37.7. The van der Waals surface area contributed by atoms with Gasteiger partial charge in [0.05, 0.1) is 0 Å². The molecular weight excluding hydrogens is 873 g/mol. The first-order valence-electron chi connectivity index (χ1n) is 23.9. The van der Waals surface area contributed by atoms with Gasteiger partial charge < -0.3 is 17.7 Å². The van der Waals surface area contributed by atoms with Crippen molar-refractivity contribution in [3.63, 3.8) is 0 Å². The van der Waals surface area contributed by atoms with Crippen molar-refractivity contribution in [3.05, 3.63) is 169 Å². The van der Waals surface area contributed by atoms with Crippen molar-refractivity contribution < 1.29 is 17.7 Å². The lowest BCUT2D eigenvalue weighted by atomic mass is 10.00. The van der Waals surface area contributed by atoms with Crippen LogP contribution in [0.2, 0.25) is 0 Å². The van der Waals surface area contributed by atoms with Crippen LogP contribution in [0.1, 0.15) is 50.7 Å². The quantitative estimate of drug-likeness (QED) is 0.137. The van der Waals surface area contributed by atoms with Gasteiger partial charge in [0.2, 0.25) is 0 Å². The second-order valence-corrected chi connectivity index (χ2v) is 20.3. The second kappa shape index (κ2) is 15.6. The van der Waals surface area contributed by atoms with Crippen molar-refractivity contribution >= 4 is 120 Å². The number of benzene rings is 8. The number of thiophene rings is 2. The van der Waals surface area contributed by atoms with E-state index < -0.39 is 0 Å². The van der Waals surface area contributed by atoms with Crippen LogP contribution in [0.5, 0.6) is 0 Å². The predicted molar refractivity (Wildman–Crippen MR) is 288 cm³/mol. The van der Waals surface area contributed by atoms with Crippen molar-refractivity contribution in [3.8, 4) is 43.1 Å². The van der Waals surface area contributed by atoms with E-state index >= 15 is 0 Å². The minimum absolute atomic E-state index is 0.802. The Morgan fingerprint density at radius 1 is 0.324 bits per heavy atom. The van der Waals surface area contributed by atoms with Crippen molar-refractivity contribution in [2.45, 2.75) is 52.4 Å². The normalized spacial score (nSPS) is 12.3. The van der Waals surface area contributed by atoms with Gasteiger partial charge >= 0.3 is 0 Å². The molecule has 0 fully saturated rings. The fourth-order valence-electron chi connectivity index (χ4n) is 10.7. The van der Waals surface area contributed by atoms with E-state index in [1.807, 2.05) is 22.7 Å². The summed E-state index contributed by atoms with van der Waals surface area (Å²) >= 11 is 3.97. The Morgan fingerprint density at radius 3 is 0.985 bits per heavy atom. The molecular formula is C62H44O4S2. The van der Waals surface area contributed by atoms with Crippen LogP contribution in [0.4, 0.5) is 0 Å². The Hall–Kier alpha value is -7.38. The molecule has 0 aliphatic rings. The van der Waals surface area contributed by atoms with Gasteiger partial charge in [-0.3, -0.25) is 0 Å². The van der Waals surface area contributed by atoms with E-state index in [4.69, 9.17) is 17.7 Å². The van der Waals surface area contributed by atoms with Crippen LogP contribution >= 0.6 is 22.7 Å². The molecule has 0 unspecified atom stereocenters. The molecule has 0 bridgehead atoms. The smallest absolute Gasteiger partial charge is 0.178 e. The van der Waals surface area contributed by atoms with E-state index in [1.165, 1.54) is 63.7 Å². The number of hydrogen-bond donors (Lipinski definition) is 0. The topological polar surface area (TPSA) is 52.6 Å². The van der Waals surface area contributed by atoms with Gasteiger partial charge in [0.25, 0.3) is 0 Å². The van der Waals surface area contributed by atoms with Crippen molar-refractivity contribution in [1.29, 1.82) is 0 Å². The molecule has 4 nitrogen and oxygen atoms in total. The zero-order chi connectivity index (χ0) is 45.0. The molecule has 14 rings (SSSR count). The number of hydrogen-bond acceptors (Lipinski definition) is 6. The summed E-state index contributed by atoms with van der Waals surface area (Å²) in [4.78, 5) is 2.75. The fraction of sp³-hybridized carbons (Fsp3) is 0.129. The third kappa shape index (κ3) is 6.10. The van der Waals surface area contributed by atoms with Crippen LogP contribution in [0.25, 0.3) is 140 Å². The summed E-state index contributed by atoms with van der Waals surface area (Å²) in [6.45, 7) is 4.60. The highest BCUT2D eigenvalue weighted by molar-refractivity contribution is 7.31. The van der Waals surface area contributed by atoms with Crippen LogP contribution in [0.3, 0.4) is 0 Å². The van der Waals surface area contributed by atoms with Crippen molar-refractivity contribution in [2.24, 2.45) is 0 Å². The summed E-state index contributed by atoms with van der Waals surface area (Å²) in [6, 6.07) is 56.4. The minimum atomic E-state index is 0.802. The predicted octanol–water partition coefficient (Wildman–Crippen LogP) is 19.9. The SMILES string of the molecule is CCCCc1c(-c2ccc3oc4c(ccc5c6cc(-c7ccccc7)ccc6oc54)c3c2)sc2c(CCCC)c(-c3ccc4oc5c(ccc6c7cc(-c8ccccc8)ccc7oc65)c4c3)sc12. The summed E-state index contributed by atoms with van der Waals surface area (Å²) in [5.41, 5.74) is 16.9. The third-order valence-corrected chi connectivity index (χ3v) is 17.0. The van der Waals surface area contributed by atoms with Crippen LogP contribution in [-0.2, 0) is 12.8 Å². The summed E-state index contributed by atoms with van der Waals surface area (Å²) in [7, 11) is 0. The fourth-order valence-corrected chi connectivity index (χ4v) is 13.7. The highest BCUT2D eigenvalue weighted by atomic mass is 32.1. The Balaban J connectivity index is 0.876. The van der Waals surface area contributed by atoms with Gasteiger partial charge in [-0.25, -0.2) is 0 Å². The average Bonchev–Trinajstić information content (AvgIpc) is 4.24. The first kappa shape index (κ1) is 39.8. The molecule has 6 heterocycles. The number of fused-ring (bicyclic) bond motifs is 15. The molecule has 0 amide bonds. The summed E-state index contributed by atoms with van der Waals surface area (Å²) in [5, 5.41) is 8.74. The maximum atomic E-state index is 6.67. The number of unbranched alkanes of at least 4 members (excludes halogenated alkanes) is 2. The lowest BCUT2D eigenvalue weighted by molar-refractivity contribution is 0.633. The molecule has 0 spiro atoms. The molecule has 6 heteroatoms. The van der Waals surface area contributed by atoms with Crippen LogP contribution < -0.4 is 0 Å². The second-order valence-electron chi connectivity index (χ2n) is 18.3. The minimum Gasteiger partial charge on any atom is -0.452 e. The Kier molecular flexibility index (Phi) is 9.12. The van der Waals surface area contributed by atoms with E-state index in [1.54, 1.807) is 0 Å². The van der Waals surface area contributed by atoms with E-state index in [0.29, 0.717) is 0 Å². The molecule has 328 valence electrons. The maximum absolute atomic E-state index is 6.67. The van der Waals surface area contributed by atoms with Gasteiger partial charge in [-0.2, -0.15) is 0 Å². The molecule has 0 aliphatic carbocycles. The standard InChI is InChI=1S/C62H44O4S2/c1-3-5-17-45-59(39-21-29-53-49(33-39)43-25-23-41-47-31-37(35-13-9-7-10-14-35)19-27-51(47)63-55(41)57(43)65-53)67-62-46(18-6-4-2)60(68-61(45)62)40-22-30-54-50(34-40)44-26-24-42-48-32-38(36-15-11-8-12-16-36)20-28-52(48)64-56(42)58(44)66-54/h7-16,19-34H,3-6,17-18H2,1-2H3. The van der Waals surface area contributed by atoms with Gasteiger partial charge in [-0.15, -0.1) is 22.7 Å². The van der Waals surface area contributed by atoms with E-state index in [0.717, 1.165) is 126 Å². The highest BCUT2D eigenvalue weighted by Gasteiger charge is 2.25. The van der Waals surface area contributed by atoms with Gasteiger partial charge in [0.15, 0.2) is 22.3 Å². The number of furan rings is 4. The van der Waals surface area contributed by atoms with Gasteiger partial charge in [-0.1, -0.05) is 99.5 Å². The average molecular weight is 917 g/mol. The molecule has 0 saturated heterocycles. The van der Waals surface area contributed by atoms with Gasteiger partial charge in [0.1, 0.15) is 22.3 Å². The first-order valence-corrected chi connectivity index (χ1v) is 25.5. The molecule has 0 atom stereocenters. The third-order valence-electron chi connectivity index (χ3n) is 14.2. The van der Waals surface area contributed by atoms with Crippen molar-refractivity contribution in [1.82, 2.24) is 0 Å². The van der Waals surface area contributed by atoms with E-state index in [9.17, 15) is 0 Å². The number of rotatable bonds is 10. The Labute approximate surface area is 399 Å². The Bertz CT molecular complexity index is 4010. The largest absolute Gasteiger partial charge is 0.452 e. The lowest BCUT2D eigenvalue weighted by Crippen LogP contribution is -1.86. The monoisotopic (exact) mass is 916 g/mol. The lowest BCUT2D eigenvalue weighted by Gasteiger charge is -2.07. The Morgan fingerprint density at radius 2 is 0.647 bits per heavy atom. The van der Waals surface area contributed by atoms with E-state index in [2.05, 4.69) is 172 Å². The molecule has 0 aliphatic heterocycles. The molecule has 0 saturated carbocycles. The maximum Gasteiger partial charge on any atom is 0.178 e. The molecule has 8 aromatic carbocycles. The van der Waals surface area contributed by atoms with Gasteiger partial charge in [0, 0.05) is 62.2 Å². The van der Waals surface area contributed by atoms with Crippen LogP contribution in [0, 0.1) is 0 Å². The summed E-state index contributed by atoms with van der Waals surface area (Å²) < 4.78 is 29.4. The van der Waals surface area contributed by atoms with Gasteiger partial charge in [-0.05, 0) is 155 Å². The first-order chi connectivity index (χ1) is 33.6. The summed E-state index contributed by atoms with van der Waals surface area (Å²) in [6.07, 6.45) is 6.64. The summed E-state index contributed by atoms with van der Waals surface area (Å²) in [5.74, 6) is 0. The molecule has 0 N–H and O–H groups in total. The molecule has 68 heavy (non-hydrogen) atoms. The number of aryl methyl sites for hydroxylation is 2. The highest BCUT2D eigenvalue weighted by Crippen LogP contribution is 2.51. The van der Waals surface area contributed by atoms with E-state index in [-0.39, 0.29) is 0 Å². The molecule has 0 radical (unpaired) electrons. The van der Waals surface area contributed by atoms with Crippen LogP contribution in [-0.4, -0.2) is 0 Å². The molecule has 6 aromatic heterocycles.